The van der Waals surface area contributed by atoms with Crippen LogP contribution >= 0.6 is 0 Å². The second kappa shape index (κ2) is 57.4. The first-order chi connectivity index (χ1) is 42.1. The highest BCUT2D eigenvalue weighted by Crippen LogP contribution is 2.30. The van der Waals surface area contributed by atoms with E-state index in [-0.39, 0.29) is 12.5 Å². The van der Waals surface area contributed by atoms with Crippen LogP contribution in [0.25, 0.3) is 0 Å². The molecule has 0 aliphatic carbocycles. The Labute approximate surface area is 526 Å². The van der Waals surface area contributed by atoms with Crippen molar-refractivity contribution in [1.29, 1.82) is 0 Å². The van der Waals surface area contributed by atoms with Crippen LogP contribution in [0.3, 0.4) is 0 Å². The highest BCUT2D eigenvalue weighted by Gasteiger charge is 2.51. The molecule has 14 nitrogen and oxygen atoms in total. The van der Waals surface area contributed by atoms with Gasteiger partial charge in [-0.1, -0.05) is 308 Å². The van der Waals surface area contributed by atoms with Gasteiger partial charge in [0.2, 0.25) is 5.91 Å². The van der Waals surface area contributed by atoms with Gasteiger partial charge in [-0.05, 0) is 44.9 Å². The van der Waals surface area contributed by atoms with Crippen molar-refractivity contribution in [3.05, 3.63) is 24.3 Å². The third-order valence-corrected chi connectivity index (χ3v) is 18.2. The van der Waals surface area contributed by atoms with Crippen molar-refractivity contribution >= 4 is 5.91 Å². The molecule has 14 heteroatoms. The number of ether oxygens (including phenoxy) is 4. The molecule has 2 rings (SSSR count). The zero-order valence-corrected chi connectivity index (χ0v) is 55.3. The van der Waals surface area contributed by atoms with E-state index in [4.69, 9.17) is 18.9 Å². The molecule has 1 amide bonds. The number of rotatable bonds is 61. The fraction of sp³-hybridized carbons (Fsp3) is 0.931. The molecule has 2 heterocycles. The van der Waals surface area contributed by atoms with Gasteiger partial charge in [-0.25, -0.2) is 0 Å². The van der Waals surface area contributed by atoms with E-state index in [9.17, 15) is 45.6 Å². The lowest BCUT2D eigenvalue weighted by atomic mass is 9.97. The van der Waals surface area contributed by atoms with Crippen LogP contribution in [-0.2, 0) is 23.7 Å². The Morgan fingerprint density at radius 1 is 0.419 bits per heavy atom. The van der Waals surface area contributed by atoms with E-state index >= 15 is 0 Å². The maximum atomic E-state index is 13.4. The Balaban J connectivity index is 1.63. The van der Waals surface area contributed by atoms with Crippen molar-refractivity contribution in [2.75, 3.05) is 19.8 Å². The van der Waals surface area contributed by atoms with Gasteiger partial charge in [-0.3, -0.25) is 4.79 Å². The number of aliphatic hydroxyl groups excluding tert-OH is 8. The molecule has 0 radical (unpaired) electrons. The first-order valence-electron chi connectivity index (χ1n) is 36.6. The SMILES string of the molecule is CCCCCCC/C=C\C/C=C\CCCCCCCCCCCCCCCCCCCCCC(=O)NC(COC1OC(CO)C(OC2OC(CO)C(O)C(O)C2O)C(O)C1O)C(O)CCCCCCCCCCCCCCCCCCCCCCC. The molecule has 2 aliphatic heterocycles. The summed E-state index contributed by atoms with van der Waals surface area (Å²) in [5.41, 5.74) is 0. The first-order valence-corrected chi connectivity index (χ1v) is 36.6. The molecule has 0 spiro atoms. The van der Waals surface area contributed by atoms with E-state index in [0.717, 1.165) is 57.8 Å². The Morgan fingerprint density at radius 3 is 1.16 bits per heavy atom. The topological polar surface area (TPSA) is 228 Å². The lowest BCUT2D eigenvalue weighted by molar-refractivity contribution is -0.359. The summed E-state index contributed by atoms with van der Waals surface area (Å²) in [6, 6.07) is -0.827. The molecule has 12 atom stereocenters. The normalized spacial score (nSPS) is 23.5. The Hall–Kier alpha value is -1.53. The van der Waals surface area contributed by atoms with Crippen LogP contribution in [0, 0.1) is 0 Å². The van der Waals surface area contributed by atoms with Crippen molar-refractivity contribution in [3.63, 3.8) is 0 Å². The first kappa shape index (κ1) is 80.6. The molecule has 9 N–H and O–H groups in total. The average Bonchev–Trinajstić information content (AvgIpc) is 2.54. The lowest BCUT2D eigenvalue weighted by Gasteiger charge is -2.46. The number of allylic oxidation sites excluding steroid dienone is 4. The van der Waals surface area contributed by atoms with Crippen LogP contribution in [0.1, 0.15) is 335 Å². The number of unbranched alkanes of at least 4 members (excludes halogenated alkanes) is 44. The second-order valence-corrected chi connectivity index (χ2v) is 26.1. The molecule has 86 heavy (non-hydrogen) atoms. The van der Waals surface area contributed by atoms with Crippen LogP contribution in [-0.4, -0.2) is 140 Å². The van der Waals surface area contributed by atoms with Crippen molar-refractivity contribution in [3.8, 4) is 0 Å². The molecule has 0 saturated carbocycles. The minimum Gasteiger partial charge on any atom is -0.394 e. The standard InChI is InChI=1S/C72H137NO13/c1-3-5-7-9-11-13-15-17-19-21-23-25-26-27-28-29-30-31-32-33-34-36-38-40-42-44-46-48-50-52-54-56-64(77)73-60(61(76)55-53-51-49-47-45-43-41-39-37-35-24-22-20-18-16-14-12-10-8-6-4-2)59-83-71-69(82)67(80)70(63(58-75)85-71)86-72-68(81)66(79)65(78)62(57-74)84-72/h15,17,21,23,60-63,65-72,74-76,78-82H,3-14,16,18-20,22,24-59H2,1-2H3,(H,73,77)/b17-15-,23-21-. The molecule has 0 aromatic carbocycles. The quantitative estimate of drug-likeness (QED) is 0.0204. The van der Waals surface area contributed by atoms with Crippen LogP contribution in [0.5, 0.6) is 0 Å². The summed E-state index contributed by atoms with van der Waals surface area (Å²) >= 11 is 0. The van der Waals surface area contributed by atoms with Gasteiger partial charge >= 0.3 is 0 Å². The van der Waals surface area contributed by atoms with Crippen LogP contribution in [0.4, 0.5) is 0 Å². The van der Waals surface area contributed by atoms with E-state index in [1.165, 1.54) is 250 Å². The molecule has 0 aromatic rings. The fourth-order valence-electron chi connectivity index (χ4n) is 12.3. The monoisotopic (exact) mass is 1220 g/mol. The van der Waals surface area contributed by atoms with E-state index in [2.05, 4.69) is 43.5 Å². The van der Waals surface area contributed by atoms with Gasteiger partial charge in [0.1, 0.15) is 48.8 Å². The van der Waals surface area contributed by atoms with Gasteiger partial charge < -0.3 is 65.1 Å². The number of carbonyl (C=O) groups is 1. The average molecular weight is 1220 g/mol. The summed E-state index contributed by atoms with van der Waals surface area (Å²) < 4.78 is 22.9. The fourth-order valence-corrected chi connectivity index (χ4v) is 12.3. The van der Waals surface area contributed by atoms with Gasteiger partial charge in [0.25, 0.3) is 0 Å². The number of nitrogens with one attached hydrogen (secondary N) is 1. The minimum atomic E-state index is -1.78. The van der Waals surface area contributed by atoms with Gasteiger partial charge in [-0.15, -0.1) is 0 Å². The Kier molecular flexibility index (Phi) is 53.7. The zero-order valence-electron chi connectivity index (χ0n) is 55.3. The number of hydrogen-bond donors (Lipinski definition) is 9. The van der Waals surface area contributed by atoms with Gasteiger partial charge in [0.05, 0.1) is 32.0 Å². The maximum absolute atomic E-state index is 13.4. The molecule has 12 unspecified atom stereocenters. The third kappa shape index (κ3) is 41.1. The van der Waals surface area contributed by atoms with Crippen molar-refractivity contribution in [1.82, 2.24) is 5.32 Å². The third-order valence-electron chi connectivity index (χ3n) is 18.2. The van der Waals surface area contributed by atoms with Crippen molar-refractivity contribution in [2.24, 2.45) is 0 Å². The predicted octanol–water partition coefficient (Wildman–Crippen LogP) is 15.1. The van der Waals surface area contributed by atoms with Crippen molar-refractivity contribution in [2.45, 2.75) is 408 Å². The molecule has 0 aromatic heterocycles. The summed E-state index contributed by atoms with van der Waals surface area (Å²) in [7, 11) is 0. The summed E-state index contributed by atoms with van der Waals surface area (Å²) in [4.78, 5) is 13.4. The highest BCUT2D eigenvalue weighted by molar-refractivity contribution is 5.76. The van der Waals surface area contributed by atoms with Crippen LogP contribution < -0.4 is 5.32 Å². The summed E-state index contributed by atoms with van der Waals surface area (Å²) in [6.07, 6.45) is 54.8. The molecular formula is C72H137NO13. The molecule has 508 valence electrons. The maximum Gasteiger partial charge on any atom is 0.220 e. The van der Waals surface area contributed by atoms with Gasteiger partial charge in [-0.2, -0.15) is 0 Å². The number of amides is 1. The molecule has 2 saturated heterocycles. The molecule has 2 fully saturated rings. The van der Waals surface area contributed by atoms with Crippen LogP contribution in [0.2, 0.25) is 0 Å². The largest absolute Gasteiger partial charge is 0.394 e. The lowest BCUT2D eigenvalue weighted by Crippen LogP contribution is -2.65. The number of carbonyl (C=O) groups excluding carboxylic acids is 1. The Morgan fingerprint density at radius 2 is 0.767 bits per heavy atom. The highest BCUT2D eigenvalue weighted by atomic mass is 16.7. The number of aliphatic hydroxyl groups is 8. The molecule has 0 bridgehead atoms. The van der Waals surface area contributed by atoms with Crippen molar-refractivity contribution < 1.29 is 64.6 Å². The summed E-state index contributed by atoms with van der Waals surface area (Å²) in [5, 5.41) is 87.7. The smallest absolute Gasteiger partial charge is 0.220 e. The van der Waals surface area contributed by atoms with E-state index in [0.29, 0.717) is 12.8 Å². The van der Waals surface area contributed by atoms with Gasteiger partial charge in [0, 0.05) is 6.42 Å². The number of hydrogen-bond acceptors (Lipinski definition) is 13. The molecular weight excluding hydrogens is 1090 g/mol. The molecule has 2 aliphatic rings. The van der Waals surface area contributed by atoms with Crippen LogP contribution in [0.15, 0.2) is 24.3 Å². The van der Waals surface area contributed by atoms with E-state index < -0.39 is 86.8 Å². The predicted molar refractivity (Wildman–Crippen MR) is 351 cm³/mol. The minimum absolute atomic E-state index is 0.199. The van der Waals surface area contributed by atoms with E-state index in [1.807, 2.05) is 0 Å². The summed E-state index contributed by atoms with van der Waals surface area (Å²) in [5.74, 6) is -0.199. The van der Waals surface area contributed by atoms with E-state index in [1.54, 1.807) is 0 Å². The Bertz CT molecular complexity index is 1540. The second-order valence-electron chi connectivity index (χ2n) is 26.1. The zero-order chi connectivity index (χ0) is 62.3. The van der Waals surface area contributed by atoms with Gasteiger partial charge in [0.15, 0.2) is 12.6 Å². The summed E-state index contributed by atoms with van der Waals surface area (Å²) in [6.45, 7) is 2.91.